The molecule has 24 heavy (non-hydrogen) atoms. The van der Waals surface area contributed by atoms with Crippen LogP contribution in [0.1, 0.15) is 44.1 Å². The Labute approximate surface area is 159 Å². The largest absolute Gasteiger partial charge is 0.353 e. The van der Waals surface area contributed by atoms with Crippen LogP contribution < -0.4 is 5.32 Å². The number of halogens is 1. The van der Waals surface area contributed by atoms with Crippen LogP contribution in [-0.2, 0) is 6.54 Å². The van der Waals surface area contributed by atoms with Gasteiger partial charge in [-0.2, -0.15) is 0 Å². The normalized spacial score (nSPS) is 18.5. The van der Waals surface area contributed by atoms with E-state index in [4.69, 9.17) is 4.99 Å². The molecule has 3 rings (SSSR count). The topological polar surface area (TPSA) is 70.8 Å². The van der Waals surface area contributed by atoms with Crippen molar-refractivity contribution in [1.29, 1.82) is 0 Å². The van der Waals surface area contributed by atoms with Crippen LogP contribution in [0, 0.1) is 10.1 Å². The Hall–Kier alpha value is -1.38. The lowest BCUT2D eigenvalue weighted by atomic mass is 10.2. The van der Waals surface area contributed by atoms with Crippen molar-refractivity contribution in [1.82, 2.24) is 10.2 Å². The number of aliphatic imine (C=N–C) groups is 1. The van der Waals surface area contributed by atoms with Crippen LogP contribution in [0.3, 0.4) is 0 Å². The Morgan fingerprint density at radius 1 is 1.17 bits per heavy atom. The maximum absolute atomic E-state index is 10.7. The van der Waals surface area contributed by atoms with Crippen molar-refractivity contribution in [3.8, 4) is 0 Å². The molecule has 1 saturated carbocycles. The van der Waals surface area contributed by atoms with E-state index < -0.39 is 0 Å². The summed E-state index contributed by atoms with van der Waals surface area (Å²) < 4.78 is 0. The van der Waals surface area contributed by atoms with E-state index in [-0.39, 0.29) is 34.6 Å². The molecule has 1 aromatic carbocycles. The van der Waals surface area contributed by atoms with Crippen molar-refractivity contribution in [3.63, 3.8) is 0 Å². The van der Waals surface area contributed by atoms with E-state index in [0.29, 0.717) is 12.6 Å². The van der Waals surface area contributed by atoms with E-state index in [0.717, 1.165) is 24.6 Å². The fraction of sp³-hybridized carbons (Fsp3) is 0.588. The Morgan fingerprint density at radius 3 is 2.38 bits per heavy atom. The lowest BCUT2D eigenvalue weighted by Gasteiger charge is -2.24. The predicted molar refractivity (Wildman–Crippen MR) is 106 cm³/mol. The minimum absolute atomic E-state index is 0. The third-order valence-corrected chi connectivity index (χ3v) is 4.65. The van der Waals surface area contributed by atoms with Crippen LogP contribution in [0.5, 0.6) is 0 Å². The van der Waals surface area contributed by atoms with Gasteiger partial charge in [0.2, 0.25) is 0 Å². The molecule has 0 radical (unpaired) electrons. The first-order chi connectivity index (χ1) is 11.2. The molecule has 1 aliphatic heterocycles. The Bertz CT molecular complexity index is 564. The van der Waals surface area contributed by atoms with E-state index in [1.54, 1.807) is 24.3 Å². The second kappa shape index (κ2) is 9.19. The van der Waals surface area contributed by atoms with Gasteiger partial charge in [0.05, 0.1) is 11.5 Å². The SMILES string of the molecule is I.O=[N+]([O-])c1ccc(CN=C(NC2CCCC2)N2CCCC2)cc1. The number of hydrogen-bond acceptors (Lipinski definition) is 3. The molecule has 0 bridgehead atoms. The van der Waals surface area contributed by atoms with Gasteiger partial charge in [-0.05, 0) is 31.2 Å². The lowest BCUT2D eigenvalue weighted by molar-refractivity contribution is -0.384. The van der Waals surface area contributed by atoms with Crippen molar-refractivity contribution in [2.24, 2.45) is 4.99 Å². The number of nitrogens with zero attached hydrogens (tertiary/aromatic N) is 3. The Morgan fingerprint density at radius 2 is 1.79 bits per heavy atom. The molecule has 132 valence electrons. The van der Waals surface area contributed by atoms with Crippen molar-refractivity contribution in [3.05, 3.63) is 39.9 Å². The van der Waals surface area contributed by atoms with Crippen LogP contribution >= 0.6 is 24.0 Å². The number of benzene rings is 1. The number of nitrogens with one attached hydrogen (secondary N) is 1. The lowest BCUT2D eigenvalue weighted by Crippen LogP contribution is -2.44. The summed E-state index contributed by atoms with van der Waals surface area (Å²) in [4.78, 5) is 17.4. The van der Waals surface area contributed by atoms with Gasteiger partial charge in [0.15, 0.2) is 5.96 Å². The third kappa shape index (κ3) is 5.06. The summed E-state index contributed by atoms with van der Waals surface area (Å²) in [6.45, 7) is 2.70. The van der Waals surface area contributed by atoms with Gasteiger partial charge in [0.25, 0.3) is 5.69 Å². The van der Waals surface area contributed by atoms with Gasteiger partial charge in [-0.25, -0.2) is 4.99 Å². The molecule has 2 aliphatic rings. The molecule has 1 N–H and O–H groups in total. The van der Waals surface area contributed by atoms with Gasteiger partial charge in [-0.15, -0.1) is 24.0 Å². The van der Waals surface area contributed by atoms with Gasteiger partial charge in [-0.1, -0.05) is 25.0 Å². The highest BCUT2D eigenvalue weighted by Gasteiger charge is 2.21. The highest BCUT2D eigenvalue weighted by atomic mass is 127. The van der Waals surface area contributed by atoms with Crippen molar-refractivity contribution in [2.75, 3.05) is 13.1 Å². The van der Waals surface area contributed by atoms with E-state index >= 15 is 0 Å². The number of nitro groups is 1. The molecule has 1 aliphatic carbocycles. The summed E-state index contributed by atoms with van der Waals surface area (Å²) in [5.41, 5.74) is 1.13. The minimum atomic E-state index is -0.371. The smallest absolute Gasteiger partial charge is 0.269 e. The number of non-ortho nitro benzene ring substituents is 1. The van der Waals surface area contributed by atoms with Gasteiger partial charge in [-0.3, -0.25) is 10.1 Å². The average Bonchev–Trinajstić information content (AvgIpc) is 3.25. The molecular formula is C17H25IN4O2. The first-order valence-corrected chi connectivity index (χ1v) is 8.51. The quantitative estimate of drug-likeness (QED) is 0.253. The zero-order chi connectivity index (χ0) is 16.1. The zero-order valence-corrected chi connectivity index (χ0v) is 16.1. The third-order valence-electron chi connectivity index (χ3n) is 4.65. The van der Waals surface area contributed by atoms with Crippen molar-refractivity contribution >= 4 is 35.6 Å². The molecule has 1 heterocycles. The van der Waals surface area contributed by atoms with Crippen LogP contribution in [0.2, 0.25) is 0 Å². The molecule has 0 unspecified atom stereocenters. The molecular weight excluding hydrogens is 419 g/mol. The molecule has 0 aromatic heterocycles. The summed E-state index contributed by atoms with van der Waals surface area (Å²) in [6, 6.07) is 7.22. The molecule has 1 aromatic rings. The summed E-state index contributed by atoms with van der Waals surface area (Å²) >= 11 is 0. The number of nitro benzene ring substituents is 1. The van der Waals surface area contributed by atoms with E-state index in [9.17, 15) is 10.1 Å². The summed E-state index contributed by atoms with van der Waals surface area (Å²) in [7, 11) is 0. The number of guanidine groups is 1. The van der Waals surface area contributed by atoms with E-state index in [1.165, 1.54) is 38.5 Å². The molecule has 6 nitrogen and oxygen atoms in total. The van der Waals surface area contributed by atoms with Crippen LogP contribution in [-0.4, -0.2) is 34.9 Å². The molecule has 2 fully saturated rings. The van der Waals surface area contributed by atoms with Crippen molar-refractivity contribution in [2.45, 2.75) is 51.1 Å². The molecule has 1 saturated heterocycles. The number of hydrogen-bond donors (Lipinski definition) is 1. The highest BCUT2D eigenvalue weighted by molar-refractivity contribution is 14.0. The van der Waals surface area contributed by atoms with Gasteiger partial charge < -0.3 is 10.2 Å². The van der Waals surface area contributed by atoms with Gasteiger partial charge in [0.1, 0.15) is 0 Å². The maximum Gasteiger partial charge on any atom is 0.269 e. The standard InChI is InChI=1S/C17H24N4O2.HI/c22-21(23)16-9-7-14(8-10-16)13-18-17(20-11-3-4-12-20)19-15-5-1-2-6-15;/h7-10,15H,1-6,11-13H2,(H,18,19);1H. The number of likely N-dealkylation sites (tertiary alicyclic amines) is 1. The monoisotopic (exact) mass is 444 g/mol. The molecule has 0 spiro atoms. The Balaban J connectivity index is 0.00000208. The van der Waals surface area contributed by atoms with Crippen LogP contribution in [0.15, 0.2) is 29.3 Å². The fourth-order valence-corrected chi connectivity index (χ4v) is 3.31. The highest BCUT2D eigenvalue weighted by Crippen LogP contribution is 2.19. The van der Waals surface area contributed by atoms with Crippen LogP contribution in [0.25, 0.3) is 0 Å². The van der Waals surface area contributed by atoms with Gasteiger partial charge in [0, 0.05) is 31.3 Å². The fourth-order valence-electron chi connectivity index (χ4n) is 3.31. The van der Waals surface area contributed by atoms with Crippen LogP contribution in [0.4, 0.5) is 5.69 Å². The van der Waals surface area contributed by atoms with E-state index in [2.05, 4.69) is 10.2 Å². The van der Waals surface area contributed by atoms with Crippen molar-refractivity contribution < 1.29 is 4.92 Å². The first-order valence-electron chi connectivity index (χ1n) is 8.51. The summed E-state index contributed by atoms with van der Waals surface area (Å²) in [6.07, 6.45) is 7.50. The molecule has 7 heteroatoms. The van der Waals surface area contributed by atoms with Gasteiger partial charge >= 0.3 is 0 Å². The number of rotatable bonds is 4. The zero-order valence-electron chi connectivity index (χ0n) is 13.8. The van der Waals surface area contributed by atoms with E-state index in [1.807, 2.05) is 0 Å². The Kier molecular flexibility index (Phi) is 7.26. The maximum atomic E-state index is 10.7. The second-order valence-corrected chi connectivity index (χ2v) is 6.38. The summed E-state index contributed by atoms with van der Waals surface area (Å²) in [5.74, 6) is 1.01. The second-order valence-electron chi connectivity index (χ2n) is 6.38. The minimum Gasteiger partial charge on any atom is -0.353 e. The predicted octanol–water partition coefficient (Wildman–Crippen LogP) is 3.70. The molecule has 0 amide bonds. The average molecular weight is 444 g/mol. The summed E-state index contributed by atoms with van der Waals surface area (Å²) in [5, 5.41) is 14.3. The molecule has 0 atom stereocenters. The first kappa shape index (κ1) is 19.0.